The second-order valence-corrected chi connectivity index (χ2v) is 4.13. The Balaban J connectivity index is 2.19. The molecule has 0 saturated heterocycles. The van der Waals surface area contributed by atoms with Gasteiger partial charge >= 0.3 is 0 Å². The van der Waals surface area contributed by atoms with Gasteiger partial charge in [-0.25, -0.2) is 4.39 Å². The molecule has 4 heteroatoms. The summed E-state index contributed by atoms with van der Waals surface area (Å²) in [4.78, 5) is 3.96. The molecule has 2 atom stereocenters. The molecule has 0 bridgehead atoms. The van der Waals surface area contributed by atoms with E-state index in [1.54, 1.807) is 24.5 Å². The molecule has 0 fully saturated rings. The summed E-state index contributed by atoms with van der Waals surface area (Å²) in [6.45, 7) is 1.87. The third-order valence-electron chi connectivity index (χ3n) is 2.59. The number of rotatable bonds is 4. The van der Waals surface area contributed by atoms with E-state index in [0.717, 1.165) is 5.56 Å². The minimum atomic E-state index is -0.288. The van der Waals surface area contributed by atoms with Crippen molar-refractivity contribution in [1.29, 1.82) is 0 Å². The number of nitrogens with zero attached hydrogens (tertiary/aromatic N) is 1. The normalized spacial score (nSPS) is 13.9. The molecule has 0 amide bonds. The standard InChI is InChI=1S/C14H15FN2O/c1-10(16)14(11-6-8-17-9-7-11)18-13-4-2-12(15)3-5-13/h2-10,14H,16H2,1H3. The Morgan fingerprint density at radius 1 is 1.11 bits per heavy atom. The van der Waals surface area contributed by atoms with Crippen LogP contribution in [0.3, 0.4) is 0 Å². The van der Waals surface area contributed by atoms with Crippen molar-refractivity contribution in [3.63, 3.8) is 0 Å². The van der Waals surface area contributed by atoms with Gasteiger partial charge in [0.15, 0.2) is 0 Å². The summed E-state index contributed by atoms with van der Waals surface area (Å²) >= 11 is 0. The van der Waals surface area contributed by atoms with Crippen LogP contribution in [0.1, 0.15) is 18.6 Å². The second-order valence-electron chi connectivity index (χ2n) is 4.13. The minimum Gasteiger partial charge on any atom is -0.484 e. The Morgan fingerprint density at radius 3 is 2.28 bits per heavy atom. The first kappa shape index (κ1) is 12.5. The van der Waals surface area contributed by atoms with E-state index in [0.29, 0.717) is 5.75 Å². The van der Waals surface area contributed by atoms with Gasteiger partial charge in [0.05, 0.1) is 0 Å². The number of aromatic nitrogens is 1. The fourth-order valence-corrected chi connectivity index (χ4v) is 1.69. The number of nitrogens with two attached hydrogens (primary N) is 1. The molecule has 2 N–H and O–H groups in total. The van der Waals surface area contributed by atoms with Crippen molar-refractivity contribution in [3.8, 4) is 5.75 Å². The second kappa shape index (κ2) is 5.60. The zero-order valence-corrected chi connectivity index (χ0v) is 10.1. The monoisotopic (exact) mass is 246 g/mol. The fourth-order valence-electron chi connectivity index (χ4n) is 1.69. The highest BCUT2D eigenvalue weighted by atomic mass is 19.1. The van der Waals surface area contributed by atoms with Crippen LogP contribution in [0.4, 0.5) is 4.39 Å². The van der Waals surface area contributed by atoms with Crippen LogP contribution in [0.2, 0.25) is 0 Å². The van der Waals surface area contributed by atoms with Crippen LogP contribution in [0.15, 0.2) is 48.8 Å². The van der Waals surface area contributed by atoms with Gasteiger partial charge in [-0.1, -0.05) is 0 Å². The third kappa shape index (κ3) is 3.05. The van der Waals surface area contributed by atoms with Gasteiger partial charge in [-0.2, -0.15) is 0 Å². The van der Waals surface area contributed by atoms with Gasteiger partial charge < -0.3 is 10.5 Å². The lowest BCUT2D eigenvalue weighted by molar-refractivity contribution is 0.180. The quantitative estimate of drug-likeness (QED) is 0.902. The van der Waals surface area contributed by atoms with E-state index < -0.39 is 0 Å². The lowest BCUT2D eigenvalue weighted by Gasteiger charge is -2.22. The molecule has 18 heavy (non-hydrogen) atoms. The Hall–Kier alpha value is -1.94. The number of ether oxygens (including phenoxy) is 1. The molecule has 0 aliphatic heterocycles. The van der Waals surface area contributed by atoms with Crippen molar-refractivity contribution in [2.75, 3.05) is 0 Å². The van der Waals surface area contributed by atoms with Crippen LogP contribution < -0.4 is 10.5 Å². The summed E-state index contributed by atoms with van der Waals surface area (Å²) in [6, 6.07) is 9.44. The van der Waals surface area contributed by atoms with E-state index >= 15 is 0 Å². The van der Waals surface area contributed by atoms with Crippen molar-refractivity contribution in [2.24, 2.45) is 5.73 Å². The molecule has 2 aromatic rings. The van der Waals surface area contributed by atoms with Gasteiger partial charge in [-0.05, 0) is 48.9 Å². The molecule has 3 nitrogen and oxygen atoms in total. The van der Waals surface area contributed by atoms with Gasteiger partial charge in [0, 0.05) is 18.4 Å². The Bertz CT molecular complexity index is 485. The van der Waals surface area contributed by atoms with Crippen molar-refractivity contribution in [3.05, 3.63) is 60.2 Å². The van der Waals surface area contributed by atoms with Gasteiger partial charge in [0.1, 0.15) is 17.7 Å². The number of benzene rings is 1. The van der Waals surface area contributed by atoms with Crippen molar-refractivity contribution in [1.82, 2.24) is 4.98 Å². The van der Waals surface area contributed by atoms with Crippen molar-refractivity contribution in [2.45, 2.75) is 19.1 Å². The summed E-state index contributed by atoms with van der Waals surface area (Å²) in [5.74, 6) is 0.305. The highest BCUT2D eigenvalue weighted by Crippen LogP contribution is 2.23. The number of pyridine rings is 1. The maximum atomic E-state index is 12.8. The molecule has 1 aromatic heterocycles. The number of hydrogen-bond donors (Lipinski definition) is 1. The first-order valence-electron chi connectivity index (χ1n) is 5.74. The van der Waals surface area contributed by atoms with Crippen molar-refractivity contribution >= 4 is 0 Å². The average molecular weight is 246 g/mol. The molecule has 1 heterocycles. The fraction of sp³-hybridized carbons (Fsp3) is 0.214. The van der Waals surface area contributed by atoms with Gasteiger partial charge in [-0.3, -0.25) is 4.98 Å². The first-order chi connectivity index (χ1) is 8.66. The van der Waals surface area contributed by atoms with Crippen LogP contribution in [0.25, 0.3) is 0 Å². The minimum absolute atomic E-state index is 0.183. The van der Waals surface area contributed by atoms with E-state index in [9.17, 15) is 4.39 Å². The summed E-state index contributed by atoms with van der Waals surface area (Å²) in [7, 11) is 0. The molecule has 0 saturated carbocycles. The molecular weight excluding hydrogens is 231 g/mol. The molecule has 0 aliphatic carbocycles. The van der Waals surface area contributed by atoms with Crippen molar-refractivity contribution < 1.29 is 9.13 Å². The zero-order valence-electron chi connectivity index (χ0n) is 10.1. The smallest absolute Gasteiger partial charge is 0.139 e. The Kier molecular flexibility index (Phi) is 3.89. The molecule has 0 radical (unpaired) electrons. The molecule has 2 unspecified atom stereocenters. The predicted molar refractivity (Wildman–Crippen MR) is 67.7 cm³/mol. The van der Waals surface area contributed by atoms with E-state index in [4.69, 9.17) is 10.5 Å². The van der Waals surface area contributed by atoms with Crippen LogP contribution >= 0.6 is 0 Å². The Labute approximate surface area is 105 Å². The lowest BCUT2D eigenvalue weighted by atomic mass is 10.1. The molecule has 0 aliphatic rings. The van der Waals surface area contributed by atoms with E-state index in [2.05, 4.69) is 4.98 Å². The maximum absolute atomic E-state index is 12.8. The average Bonchev–Trinajstić information content (AvgIpc) is 2.38. The molecular formula is C14H15FN2O. The SMILES string of the molecule is CC(N)C(Oc1ccc(F)cc1)c1ccncc1. The predicted octanol–water partition coefficient (Wildman–Crippen LogP) is 2.69. The van der Waals surface area contributed by atoms with E-state index in [1.807, 2.05) is 19.1 Å². The van der Waals surface area contributed by atoms with Crippen LogP contribution in [0.5, 0.6) is 5.75 Å². The summed E-state index contributed by atoms with van der Waals surface area (Å²) in [5, 5.41) is 0. The zero-order chi connectivity index (χ0) is 13.0. The summed E-state index contributed by atoms with van der Waals surface area (Å²) in [5.41, 5.74) is 6.88. The number of hydrogen-bond acceptors (Lipinski definition) is 3. The Morgan fingerprint density at radius 2 is 1.72 bits per heavy atom. The van der Waals surface area contributed by atoms with Crippen LogP contribution in [-0.2, 0) is 0 Å². The summed E-state index contributed by atoms with van der Waals surface area (Å²) < 4.78 is 18.6. The first-order valence-corrected chi connectivity index (χ1v) is 5.74. The largest absolute Gasteiger partial charge is 0.484 e. The number of halogens is 1. The molecule has 1 aromatic carbocycles. The van der Waals surface area contributed by atoms with E-state index in [-0.39, 0.29) is 18.0 Å². The third-order valence-corrected chi connectivity index (χ3v) is 2.59. The summed E-state index contributed by atoms with van der Waals surface area (Å²) in [6.07, 6.45) is 3.11. The maximum Gasteiger partial charge on any atom is 0.139 e. The van der Waals surface area contributed by atoms with Crippen LogP contribution in [0, 0.1) is 5.82 Å². The van der Waals surface area contributed by atoms with Gasteiger partial charge in [0.2, 0.25) is 0 Å². The molecule has 2 rings (SSSR count). The molecule has 0 spiro atoms. The molecule has 94 valence electrons. The highest BCUT2D eigenvalue weighted by molar-refractivity contribution is 5.25. The van der Waals surface area contributed by atoms with Gasteiger partial charge in [-0.15, -0.1) is 0 Å². The highest BCUT2D eigenvalue weighted by Gasteiger charge is 2.17. The van der Waals surface area contributed by atoms with E-state index in [1.165, 1.54) is 12.1 Å². The van der Waals surface area contributed by atoms with Crippen LogP contribution in [-0.4, -0.2) is 11.0 Å². The lowest BCUT2D eigenvalue weighted by Crippen LogP contribution is -2.29. The van der Waals surface area contributed by atoms with Gasteiger partial charge in [0.25, 0.3) is 0 Å². The topological polar surface area (TPSA) is 48.1 Å².